The highest BCUT2D eigenvalue weighted by Crippen LogP contribution is 2.25. The number of carbonyl (C=O) groups is 2. The molecule has 10 heteroatoms. The molecule has 0 saturated carbocycles. The van der Waals surface area contributed by atoms with Gasteiger partial charge in [-0.25, -0.2) is 9.59 Å². The number of phenolic OH excluding ortho intramolecular Hbond substituents is 2. The van der Waals surface area contributed by atoms with Crippen LogP contribution in [0.1, 0.15) is 5.56 Å². The summed E-state index contributed by atoms with van der Waals surface area (Å²) >= 11 is 0. The lowest BCUT2D eigenvalue weighted by atomic mass is 10.0. The van der Waals surface area contributed by atoms with Crippen molar-refractivity contribution in [2.24, 2.45) is 0 Å². The number of carbonyl (C=O) groups excluding carboxylic acids is 2. The third-order valence-corrected chi connectivity index (χ3v) is 3.11. The van der Waals surface area contributed by atoms with Crippen LogP contribution in [0, 0.1) is 0 Å². The van der Waals surface area contributed by atoms with E-state index in [1.54, 1.807) is 0 Å². The Bertz CT molecular complexity index is 641. The molecule has 0 heterocycles. The number of benzene rings is 1. The molecule has 0 bridgehead atoms. The molecule has 0 spiro atoms. The van der Waals surface area contributed by atoms with E-state index in [4.69, 9.17) is 15.3 Å². The highest BCUT2D eigenvalue weighted by atomic mass is 16.6. The van der Waals surface area contributed by atoms with Crippen molar-refractivity contribution in [3.05, 3.63) is 29.8 Å². The van der Waals surface area contributed by atoms with Crippen LogP contribution in [0.2, 0.25) is 0 Å². The lowest BCUT2D eigenvalue weighted by Gasteiger charge is -2.23. The van der Waals surface area contributed by atoms with Crippen molar-refractivity contribution in [3.63, 3.8) is 0 Å². The summed E-state index contributed by atoms with van der Waals surface area (Å²) in [4.78, 5) is 23.0. The first-order chi connectivity index (χ1) is 11.7. The standard InChI is InChI=1S/C15H18O10/c16-6-10(19)12(21)13(22)14(23)15(24)25-11(20)4-2-7-1-3-8(17)9(18)5-7/h1-5,10,12-14,16-19,21-23H,6H2/b4-2+/t10-,12-,13+,14-/m1/s1. The number of esters is 2. The highest BCUT2D eigenvalue weighted by molar-refractivity contribution is 5.96. The lowest BCUT2D eigenvalue weighted by molar-refractivity contribution is -0.174. The molecule has 1 aromatic carbocycles. The van der Waals surface area contributed by atoms with E-state index in [1.807, 2.05) is 0 Å². The topological polar surface area (TPSA) is 185 Å². The number of hydrogen-bond acceptors (Lipinski definition) is 10. The summed E-state index contributed by atoms with van der Waals surface area (Å²) in [7, 11) is 0. The van der Waals surface area contributed by atoms with Crippen molar-refractivity contribution < 1.29 is 50.1 Å². The van der Waals surface area contributed by atoms with Crippen LogP contribution in [-0.4, -0.2) is 78.7 Å². The first kappa shape index (κ1) is 20.5. The highest BCUT2D eigenvalue weighted by Gasteiger charge is 2.35. The Morgan fingerprint density at radius 1 is 1.04 bits per heavy atom. The number of aliphatic hydroxyl groups excluding tert-OH is 5. The summed E-state index contributed by atoms with van der Waals surface area (Å²) in [6, 6.07) is 3.65. The van der Waals surface area contributed by atoms with E-state index in [9.17, 15) is 30.0 Å². The van der Waals surface area contributed by atoms with Gasteiger partial charge in [0.05, 0.1) is 6.61 Å². The zero-order chi connectivity index (χ0) is 19.1. The monoisotopic (exact) mass is 358 g/mol. The number of rotatable bonds is 7. The Kier molecular flexibility index (Phi) is 7.48. The molecule has 0 fully saturated rings. The van der Waals surface area contributed by atoms with Crippen LogP contribution >= 0.6 is 0 Å². The molecule has 0 saturated heterocycles. The first-order valence-corrected chi connectivity index (χ1v) is 6.96. The van der Waals surface area contributed by atoms with E-state index < -0.39 is 48.7 Å². The van der Waals surface area contributed by atoms with Gasteiger partial charge in [-0.2, -0.15) is 0 Å². The maximum atomic E-state index is 11.5. The number of hydrogen-bond donors (Lipinski definition) is 7. The summed E-state index contributed by atoms with van der Waals surface area (Å²) in [6.45, 7) is -0.929. The fraction of sp³-hybridized carbons (Fsp3) is 0.333. The van der Waals surface area contributed by atoms with Crippen LogP contribution in [0.25, 0.3) is 6.08 Å². The second-order valence-corrected chi connectivity index (χ2v) is 5.00. The van der Waals surface area contributed by atoms with Crippen molar-refractivity contribution in [1.82, 2.24) is 0 Å². The summed E-state index contributed by atoms with van der Waals surface area (Å²) in [5.74, 6) is -3.60. The van der Waals surface area contributed by atoms with Gasteiger partial charge < -0.3 is 40.5 Å². The fourth-order valence-electron chi connectivity index (χ4n) is 1.66. The molecule has 0 amide bonds. The van der Waals surface area contributed by atoms with E-state index in [-0.39, 0.29) is 5.75 Å². The van der Waals surface area contributed by atoms with E-state index in [2.05, 4.69) is 4.74 Å². The summed E-state index contributed by atoms with van der Waals surface area (Å²) in [5.41, 5.74) is 0.293. The fourth-order valence-corrected chi connectivity index (χ4v) is 1.66. The Morgan fingerprint density at radius 3 is 2.24 bits per heavy atom. The normalized spacial score (nSPS) is 16.2. The lowest BCUT2D eigenvalue weighted by Crippen LogP contribution is -2.49. The van der Waals surface area contributed by atoms with Gasteiger partial charge in [0, 0.05) is 6.08 Å². The smallest absolute Gasteiger partial charge is 0.345 e. The number of ether oxygens (including phenoxy) is 1. The molecule has 0 unspecified atom stereocenters. The molecule has 10 nitrogen and oxygen atoms in total. The van der Waals surface area contributed by atoms with Gasteiger partial charge in [0.25, 0.3) is 0 Å². The summed E-state index contributed by atoms with van der Waals surface area (Å²) in [5, 5.41) is 64.5. The summed E-state index contributed by atoms with van der Waals surface area (Å²) in [6.07, 6.45) is -6.47. The molecule has 7 N–H and O–H groups in total. The number of aromatic hydroxyl groups is 2. The quantitative estimate of drug-likeness (QED) is 0.120. The van der Waals surface area contributed by atoms with Crippen LogP contribution in [0.4, 0.5) is 0 Å². The van der Waals surface area contributed by atoms with Crippen molar-refractivity contribution >= 4 is 18.0 Å². The minimum atomic E-state index is -2.34. The number of phenols is 2. The molecule has 4 atom stereocenters. The zero-order valence-corrected chi connectivity index (χ0v) is 12.8. The van der Waals surface area contributed by atoms with Gasteiger partial charge in [-0.05, 0) is 23.8 Å². The van der Waals surface area contributed by atoms with E-state index >= 15 is 0 Å². The van der Waals surface area contributed by atoms with Gasteiger partial charge in [0.2, 0.25) is 0 Å². The Hall–Kier alpha value is -2.50. The third kappa shape index (κ3) is 5.81. The minimum Gasteiger partial charge on any atom is -0.504 e. The predicted octanol–water partition coefficient (Wildman–Crippen LogP) is -2.38. The summed E-state index contributed by atoms with van der Waals surface area (Å²) < 4.78 is 4.23. The molecular weight excluding hydrogens is 340 g/mol. The van der Waals surface area contributed by atoms with Gasteiger partial charge in [-0.15, -0.1) is 0 Å². The maximum Gasteiger partial charge on any atom is 0.345 e. The van der Waals surface area contributed by atoms with Gasteiger partial charge >= 0.3 is 11.9 Å². The number of aliphatic hydroxyl groups is 5. The predicted molar refractivity (Wildman–Crippen MR) is 81.0 cm³/mol. The van der Waals surface area contributed by atoms with Crippen molar-refractivity contribution in [2.45, 2.75) is 24.4 Å². The van der Waals surface area contributed by atoms with Crippen LogP contribution < -0.4 is 0 Å². The van der Waals surface area contributed by atoms with Gasteiger partial charge in [-0.3, -0.25) is 0 Å². The Balaban J connectivity index is 2.64. The molecule has 0 radical (unpaired) electrons. The van der Waals surface area contributed by atoms with E-state index in [0.717, 1.165) is 18.2 Å². The average Bonchev–Trinajstić information content (AvgIpc) is 2.59. The minimum absolute atomic E-state index is 0.293. The van der Waals surface area contributed by atoms with Crippen molar-refractivity contribution in [2.75, 3.05) is 6.61 Å². The molecule has 0 aliphatic rings. The maximum absolute atomic E-state index is 11.5. The molecule has 0 aliphatic heterocycles. The molecular formula is C15H18O10. The van der Waals surface area contributed by atoms with Crippen LogP contribution in [-0.2, 0) is 14.3 Å². The van der Waals surface area contributed by atoms with Crippen molar-refractivity contribution in [1.29, 1.82) is 0 Å². The molecule has 1 aromatic rings. The Morgan fingerprint density at radius 2 is 1.68 bits per heavy atom. The third-order valence-electron chi connectivity index (χ3n) is 3.11. The SMILES string of the molecule is O=C(/C=C/c1ccc(O)c(O)c1)OC(=O)[C@H](O)[C@@H](O)[C@H](O)[C@H](O)CO. The first-order valence-electron chi connectivity index (χ1n) is 6.96. The van der Waals surface area contributed by atoms with Gasteiger partial charge in [-0.1, -0.05) is 6.07 Å². The van der Waals surface area contributed by atoms with Crippen LogP contribution in [0.3, 0.4) is 0 Å². The molecule has 25 heavy (non-hydrogen) atoms. The molecule has 0 aliphatic carbocycles. The Labute approximate surface area is 141 Å². The van der Waals surface area contributed by atoms with Crippen LogP contribution in [0.5, 0.6) is 11.5 Å². The largest absolute Gasteiger partial charge is 0.504 e. The molecule has 138 valence electrons. The van der Waals surface area contributed by atoms with Crippen molar-refractivity contribution in [3.8, 4) is 11.5 Å². The van der Waals surface area contributed by atoms with Crippen LogP contribution in [0.15, 0.2) is 24.3 Å². The molecule has 0 aromatic heterocycles. The second-order valence-electron chi connectivity index (χ2n) is 5.00. The average molecular weight is 358 g/mol. The zero-order valence-electron chi connectivity index (χ0n) is 12.8. The van der Waals surface area contributed by atoms with Gasteiger partial charge in [0.1, 0.15) is 18.3 Å². The second kappa shape index (κ2) is 9.11. The van der Waals surface area contributed by atoms with E-state index in [0.29, 0.717) is 5.56 Å². The van der Waals surface area contributed by atoms with E-state index in [1.165, 1.54) is 12.1 Å². The molecule has 1 rings (SSSR count). The van der Waals surface area contributed by atoms with Gasteiger partial charge in [0.15, 0.2) is 17.6 Å².